The maximum Gasteiger partial charge on any atom is 0.296 e. The van der Waals surface area contributed by atoms with Gasteiger partial charge in [-0.25, -0.2) is 13.8 Å². The Morgan fingerprint density at radius 3 is 2.34 bits per heavy atom. The van der Waals surface area contributed by atoms with Gasteiger partial charge < -0.3 is 15.0 Å². The second-order valence-corrected chi connectivity index (χ2v) is 9.76. The van der Waals surface area contributed by atoms with E-state index in [-0.39, 0.29) is 5.82 Å². The summed E-state index contributed by atoms with van der Waals surface area (Å²) in [5.41, 5.74) is 3.16. The van der Waals surface area contributed by atoms with Gasteiger partial charge in [0, 0.05) is 31.4 Å². The van der Waals surface area contributed by atoms with E-state index in [2.05, 4.69) is 37.2 Å². The quantitative estimate of drug-likeness (QED) is 0.354. The van der Waals surface area contributed by atoms with Crippen LogP contribution in [0.3, 0.4) is 0 Å². The van der Waals surface area contributed by atoms with Crippen molar-refractivity contribution in [3.05, 3.63) is 66.0 Å². The predicted molar refractivity (Wildman–Crippen MR) is 144 cm³/mol. The van der Waals surface area contributed by atoms with Crippen molar-refractivity contribution in [2.45, 2.75) is 32.2 Å². The minimum Gasteiger partial charge on any atom is -0.378 e. The van der Waals surface area contributed by atoms with Crippen molar-refractivity contribution in [2.24, 2.45) is 0 Å². The number of piperidine rings is 1. The van der Waals surface area contributed by atoms with Crippen LogP contribution >= 0.6 is 0 Å². The van der Waals surface area contributed by atoms with Crippen LogP contribution in [0, 0.1) is 0 Å². The van der Waals surface area contributed by atoms with Crippen molar-refractivity contribution in [1.29, 1.82) is 0 Å². The summed E-state index contributed by atoms with van der Waals surface area (Å²) < 4.78 is 35.1. The number of likely N-dealkylation sites (tertiary alicyclic amines) is 1. The van der Waals surface area contributed by atoms with Crippen molar-refractivity contribution >= 4 is 28.5 Å². The molecule has 0 radical (unpaired) electrons. The van der Waals surface area contributed by atoms with Gasteiger partial charge in [-0.2, -0.15) is 9.97 Å². The Bertz CT molecular complexity index is 1380. The summed E-state index contributed by atoms with van der Waals surface area (Å²) in [5, 5.41) is 3.30. The molecule has 0 amide bonds. The third-order valence-corrected chi connectivity index (χ3v) is 7.11. The minimum absolute atomic E-state index is 0.339. The number of aromatic nitrogens is 4. The number of benzene rings is 2. The highest BCUT2D eigenvalue weighted by Gasteiger charge is 2.23. The molecule has 2 aliphatic rings. The summed E-state index contributed by atoms with van der Waals surface area (Å²) in [5.74, 6) is 0.992. The van der Waals surface area contributed by atoms with Gasteiger partial charge >= 0.3 is 0 Å². The summed E-state index contributed by atoms with van der Waals surface area (Å²) in [4.78, 5) is 18.2. The number of halogens is 2. The highest BCUT2D eigenvalue weighted by molar-refractivity contribution is 5.78. The number of rotatable bonds is 7. The van der Waals surface area contributed by atoms with Crippen molar-refractivity contribution in [3.63, 3.8) is 0 Å². The van der Waals surface area contributed by atoms with E-state index in [0.29, 0.717) is 54.9 Å². The fourth-order valence-electron chi connectivity index (χ4n) is 5.18. The Labute approximate surface area is 220 Å². The largest absolute Gasteiger partial charge is 0.378 e. The van der Waals surface area contributed by atoms with Crippen molar-refractivity contribution in [3.8, 4) is 5.82 Å². The lowest BCUT2D eigenvalue weighted by molar-refractivity contribution is 0.122. The summed E-state index contributed by atoms with van der Waals surface area (Å²) in [6.07, 6.45) is 1.09. The first-order valence-electron chi connectivity index (χ1n) is 13.2. The van der Waals surface area contributed by atoms with Gasteiger partial charge in [0.2, 0.25) is 5.95 Å². The number of imidazole rings is 1. The molecule has 0 unspecified atom stereocenters. The molecule has 2 saturated heterocycles. The molecule has 10 heteroatoms. The first-order valence-corrected chi connectivity index (χ1v) is 13.2. The van der Waals surface area contributed by atoms with E-state index in [0.717, 1.165) is 25.3 Å². The lowest BCUT2D eigenvalue weighted by Gasteiger charge is -2.28. The highest BCUT2D eigenvalue weighted by atomic mass is 19.3. The fourth-order valence-corrected chi connectivity index (χ4v) is 5.18. The Morgan fingerprint density at radius 2 is 1.58 bits per heavy atom. The molecule has 0 atom stereocenters. The molecule has 4 heterocycles. The maximum absolute atomic E-state index is 14.1. The second-order valence-electron chi connectivity index (χ2n) is 9.76. The van der Waals surface area contributed by atoms with E-state index in [1.54, 1.807) is 24.3 Å². The molecule has 8 nitrogen and oxygen atoms in total. The van der Waals surface area contributed by atoms with E-state index in [4.69, 9.17) is 9.72 Å². The Morgan fingerprint density at radius 1 is 0.842 bits per heavy atom. The maximum atomic E-state index is 14.1. The van der Waals surface area contributed by atoms with E-state index >= 15 is 0 Å². The highest BCUT2D eigenvalue weighted by Crippen LogP contribution is 2.30. The number of nitrogens with zero attached hydrogens (tertiary/aromatic N) is 6. The Kier molecular flexibility index (Phi) is 7.15. The van der Waals surface area contributed by atoms with E-state index in [1.165, 1.54) is 29.4 Å². The van der Waals surface area contributed by atoms with Crippen LogP contribution in [0.2, 0.25) is 0 Å². The average Bonchev–Trinajstić information content (AvgIpc) is 3.35. The molecule has 6 rings (SSSR count). The number of hydrogen-bond donors (Lipinski definition) is 1. The third-order valence-electron chi connectivity index (χ3n) is 7.11. The minimum atomic E-state index is -2.76. The van der Waals surface area contributed by atoms with Crippen LogP contribution in [-0.4, -0.2) is 63.8 Å². The number of anilines is 3. The van der Waals surface area contributed by atoms with Gasteiger partial charge in [0.15, 0.2) is 5.82 Å². The average molecular weight is 520 g/mol. The molecule has 2 aromatic heterocycles. The van der Waals surface area contributed by atoms with Crippen LogP contribution in [0.15, 0.2) is 54.6 Å². The van der Waals surface area contributed by atoms with Gasteiger partial charge in [-0.05, 0) is 55.8 Å². The molecule has 0 aliphatic carbocycles. The molecule has 1 N–H and O–H groups in total. The Balaban J connectivity index is 1.34. The van der Waals surface area contributed by atoms with Gasteiger partial charge in [0.25, 0.3) is 6.43 Å². The zero-order valence-electron chi connectivity index (χ0n) is 21.2. The molecular weight excluding hydrogens is 488 g/mol. The van der Waals surface area contributed by atoms with E-state index in [1.807, 2.05) is 18.2 Å². The number of alkyl halides is 2. The van der Waals surface area contributed by atoms with Crippen molar-refractivity contribution in [2.75, 3.05) is 49.6 Å². The van der Waals surface area contributed by atoms with Crippen LogP contribution in [0.4, 0.5) is 26.2 Å². The van der Waals surface area contributed by atoms with Gasteiger partial charge in [-0.15, -0.1) is 0 Å². The zero-order valence-corrected chi connectivity index (χ0v) is 21.2. The first-order chi connectivity index (χ1) is 18.6. The van der Waals surface area contributed by atoms with Crippen LogP contribution in [-0.2, 0) is 11.3 Å². The number of ether oxygens (including phenoxy) is 1. The predicted octanol–water partition coefficient (Wildman–Crippen LogP) is 5.32. The van der Waals surface area contributed by atoms with Gasteiger partial charge in [-0.3, -0.25) is 9.47 Å². The number of nitrogens with one attached hydrogen (secondary N) is 1. The molecule has 2 aromatic carbocycles. The van der Waals surface area contributed by atoms with E-state index < -0.39 is 6.43 Å². The third kappa shape index (κ3) is 5.32. The van der Waals surface area contributed by atoms with Crippen molar-refractivity contribution in [1.82, 2.24) is 24.4 Å². The summed E-state index contributed by atoms with van der Waals surface area (Å²) >= 11 is 0. The molecule has 0 saturated carbocycles. The number of hydrogen-bond acceptors (Lipinski definition) is 7. The normalized spacial score (nSPS) is 16.9. The van der Waals surface area contributed by atoms with E-state index in [9.17, 15) is 8.78 Å². The number of morpholine rings is 1. The van der Waals surface area contributed by atoms with Gasteiger partial charge in [0.1, 0.15) is 11.6 Å². The van der Waals surface area contributed by atoms with Gasteiger partial charge in [0.05, 0.1) is 24.2 Å². The summed E-state index contributed by atoms with van der Waals surface area (Å²) in [7, 11) is 0. The molecule has 4 aromatic rings. The molecule has 198 valence electrons. The molecule has 0 bridgehead atoms. The monoisotopic (exact) mass is 519 g/mol. The zero-order chi connectivity index (χ0) is 25.9. The molecule has 2 fully saturated rings. The first kappa shape index (κ1) is 24.7. The topological polar surface area (TPSA) is 71.3 Å². The summed E-state index contributed by atoms with van der Waals surface area (Å²) in [6, 6.07) is 17.1. The standard InChI is InChI=1S/C28H31F2N7O/c29-26(30)27-32-22-6-2-3-7-23(22)37(27)25-18-24(36-14-16-38-17-15-36)33-28(34-25)31-21-10-8-20(9-11-21)19-35-12-4-1-5-13-35/h2-3,6-11,18,26H,1,4-5,12-17,19H2,(H,31,33,34). The summed E-state index contributed by atoms with van der Waals surface area (Å²) in [6.45, 7) is 5.72. The number of para-hydroxylation sites is 2. The smallest absolute Gasteiger partial charge is 0.296 e. The molecule has 38 heavy (non-hydrogen) atoms. The fraction of sp³-hybridized carbons (Fsp3) is 0.393. The van der Waals surface area contributed by atoms with Gasteiger partial charge in [-0.1, -0.05) is 30.7 Å². The lowest BCUT2D eigenvalue weighted by atomic mass is 10.1. The molecular formula is C28H31F2N7O. The lowest BCUT2D eigenvalue weighted by Crippen LogP contribution is -2.37. The SMILES string of the molecule is FC(F)c1nc2ccccc2n1-c1cc(N2CCOCC2)nc(Nc2ccc(CN3CCCCC3)cc2)n1. The molecule has 0 spiro atoms. The number of fused-ring (bicyclic) bond motifs is 1. The van der Waals surface area contributed by atoms with Crippen LogP contribution in [0.1, 0.15) is 37.1 Å². The van der Waals surface area contributed by atoms with Crippen LogP contribution in [0.25, 0.3) is 16.9 Å². The van der Waals surface area contributed by atoms with Crippen LogP contribution in [0.5, 0.6) is 0 Å². The van der Waals surface area contributed by atoms with Crippen molar-refractivity contribution < 1.29 is 13.5 Å². The second kappa shape index (κ2) is 11.0. The molecule has 2 aliphatic heterocycles. The van der Waals surface area contributed by atoms with Crippen LogP contribution < -0.4 is 10.2 Å². The Hall–Kier alpha value is -3.63.